The number of rotatable bonds is 10. The van der Waals surface area contributed by atoms with Crippen LogP contribution in [0, 0.1) is 0 Å². The van der Waals surface area contributed by atoms with Crippen molar-refractivity contribution in [3.63, 3.8) is 0 Å². The largest absolute Gasteiger partial charge is 0.466 e. The number of amides is 2. The van der Waals surface area contributed by atoms with Crippen molar-refractivity contribution in [1.29, 1.82) is 0 Å². The van der Waals surface area contributed by atoms with Crippen LogP contribution >= 0.6 is 0 Å². The number of nitrogens with one attached hydrogen (secondary N) is 2. The lowest BCUT2D eigenvalue weighted by Gasteiger charge is -2.17. The molecule has 2 amide bonds. The van der Waals surface area contributed by atoms with Crippen LogP contribution in [-0.2, 0) is 19.1 Å². The van der Waals surface area contributed by atoms with E-state index in [1.807, 2.05) is 0 Å². The van der Waals surface area contributed by atoms with Crippen molar-refractivity contribution in [2.45, 2.75) is 32.7 Å². The summed E-state index contributed by atoms with van der Waals surface area (Å²) in [6, 6.07) is 8.48. The maximum Gasteiger partial charge on any atom is 0.328 e. The Morgan fingerprint density at radius 2 is 1.65 bits per heavy atom. The van der Waals surface area contributed by atoms with Gasteiger partial charge in [0, 0.05) is 30.1 Å². The third-order valence-electron chi connectivity index (χ3n) is 4.15. The average molecular weight is 427 g/mol. The lowest BCUT2D eigenvalue weighted by atomic mass is 10.1. The SMILES string of the molecule is CCOC(=O)CCC(NC(=O)c1ccc(NC(=O)c2cccnc2)cc1)C(=O)OCC. The number of anilines is 1. The van der Waals surface area contributed by atoms with Gasteiger partial charge in [-0.15, -0.1) is 0 Å². The molecule has 1 unspecified atom stereocenters. The summed E-state index contributed by atoms with van der Waals surface area (Å²) in [5.74, 6) is -1.92. The number of pyridine rings is 1. The topological polar surface area (TPSA) is 124 Å². The predicted molar refractivity (Wildman–Crippen MR) is 112 cm³/mol. The normalized spacial score (nSPS) is 11.2. The Morgan fingerprint density at radius 1 is 0.935 bits per heavy atom. The number of carbonyl (C=O) groups is 4. The molecule has 0 radical (unpaired) electrons. The van der Waals surface area contributed by atoms with E-state index < -0.39 is 23.9 Å². The van der Waals surface area contributed by atoms with Crippen LogP contribution in [0.4, 0.5) is 5.69 Å². The molecule has 1 aromatic carbocycles. The van der Waals surface area contributed by atoms with E-state index in [1.165, 1.54) is 18.3 Å². The van der Waals surface area contributed by atoms with Crippen molar-refractivity contribution in [3.8, 4) is 0 Å². The summed E-state index contributed by atoms with van der Waals surface area (Å²) in [5, 5.41) is 5.29. The highest BCUT2D eigenvalue weighted by Gasteiger charge is 2.24. The van der Waals surface area contributed by atoms with Crippen molar-refractivity contribution in [2.75, 3.05) is 18.5 Å². The monoisotopic (exact) mass is 427 g/mol. The van der Waals surface area contributed by atoms with Crippen molar-refractivity contribution in [1.82, 2.24) is 10.3 Å². The van der Waals surface area contributed by atoms with E-state index in [2.05, 4.69) is 15.6 Å². The van der Waals surface area contributed by atoms with Gasteiger partial charge in [0.15, 0.2) is 0 Å². The number of ether oxygens (including phenoxy) is 2. The summed E-state index contributed by atoms with van der Waals surface area (Å²) in [6.07, 6.45) is 3.04. The van der Waals surface area contributed by atoms with E-state index in [9.17, 15) is 19.2 Å². The van der Waals surface area contributed by atoms with Gasteiger partial charge in [0.25, 0.3) is 11.8 Å². The number of hydrogen-bond acceptors (Lipinski definition) is 7. The molecule has 1 atom stereocenters. The Balaban J connectivity index is 1.99. The molecule has 0 saturated heterocycles. The van der Waals surface area contributed by atoms with Crippen molar-refractivity contribution in [3.05, 3.63) is 59.9 Å². The van der Waals surface area contributed by atoms with Crippen LogP contribution in [0.5, 0.6) is 0 Å². The van der Waals surface area contributed by atoms with Crippen LogP contribution in [0.3, 0.4) is 0 Å². The fourth-order valence-corrected chi connectivity index (χ4v) is 2.63. The lowest BCUT2D eigenvalue weighted by Crippen LogP contribution is -2.42. The molecular formula is C22H25N3O6. The summed E-state index contributed by atoms with van der Waals surface area (Å²) in [5.41, 5.74) is 1.18. The Hall–Kier alpha value is -3.75. The molecule has 0 aliphatic carbocycles. The zero-order valence-electron chi connectivity index (χ0n) is 17.4. The van der Waals surface area contributed by atoms with E-state index >= 15 is 0 Å². The molecule has 0 fully saturated rings. The molecule has 1 aromatic heterocycles. The van der Waals surface area contributed by atoms with Crippen LogP contribution in [0.15, 0.2) is 48.8 Å². The Bertz CT molecular complexity index is 899. The number of carbonyl (C=O) groups excluding carboxylic acids is 4. The van der Waals surface area contributed by atoms with E-state index in [-0.39, 0.29) is 37.5 Å². The van der Waals surface area contributed by atoms with Crippen LogP contribution < -0.4 is 10.6 Å². The third-order valence-corrected chi connectivity index (χ3v) is 4.15. The van der Waals surface area contributed by atoms with Gasteiger partial charge in [-0.25, -0.2) is 4.79 Å². The molecule has 31 heavy (non-hydrogen) atoms. The minimum atomic E-state index is -0.984. The minimum absolute atomic E-state index is 0.0308. The van der Waals surface area contributed by atoms with E-state index in [4.69, 9.17) is 9.47 Å². The highest BCUT2D eigenvalue weighted by atomic mass is 16.5. The number of aromatic nitrogens is 1. The van der Waals surface area contributed by atoms with Gasteiger partial charge in [-0.1, -0.05) is 0 Å². The maximum absolute atomic E-state index is 12.6. The molecule has 9 nitrogen and oxygen atoms in total. The molecule has 0 aliphatic rings. The van der Waals surface area contributed by atoms with Crippen LogP contribution in [0.25, 0.3) is 0 Å². The van der Waals surface area contributed by atoms with E-state index in [0.29, 0.717) is 11.3 Å². The number of esters is 2. The standard InChI is InChI=1S/C22H25N3O6/c1-3-30-19(26)12-11-18(22(29)31-4-2)25-20(27)15-7-9-17(10-8-15)24-21(28)16-6-5-13-23-14-16/h5-10,13-14,18H,3-4,11-12H2,1-2H3,(H,24,28)(H,25,27). The average Bonchev–Trinajstić information content (AvgIpc) is 2.77. The molecule has 164 valence electrons. The maximum atomic E-state index is 12.6. The molecule has 0 aliphatic heterocycles. The first-order valence-electron chi connectivity index (χ1n) is 9.89. The van der Waals surface area contributed by atoms with Gasteiger partial charge in [-0.05, 0) is 56.7 Å². The molecule has 2 aromatic rings. The second kappa shape index (κ2) is 12.1. The second-order valence-corrected chi connectivity index (χ2v) is 6.39. The van der Waals surface area contributed by atoms with Gasteiger partial charge >= 0.3 is 11.9 Å². The summed E-state index contributed by atoms with van der Waals surface area (Å²) in [4.78, 5) is 52.4. The summed E-state index contributed by atoms with van der Waals surface area (Å²) >= 11 is 0. The van der Waals surface area contributed by atoms with Crippen LogP contribution in [0.2, 0.25) is 0 Å². The smallest absolute Gasteiger partial charge is 0.328 e. The van der Waals surface area contributed by atoms with Crippen LogP contribution in [0.1, 0.15) is 47.4 Å². The van der Waals surface area contributed by atoms with Crippen molar-refractivity contribution >= 4 is 29.4 Å². The highest BCUT2D eigenvalue weighted by Crippen LogP contribution is 2.12. The molecule has 9 heteroatoms. The first-order chi connectivity index (χ1) is 14.9. The van der Waals surface area contributed by atoms with Gasteiger partial charge in [-0.2, -0.15) is 0 Å². The molecule has 1 heterocycles. The first kappa shape index (κ1) is 23.5. The van der Waals surface area contributed by atoms with Crippen LogP contribution in [-0.4, -0.2) is 48.0 Å². The molecule has 0 saturated carbocycles. The van der Waals surface area contributed by atoms with Gasteiger partial charge in [-0.3, -0.25) is 19.4 Å². The molecule has 0 bridgehead atoms. The fourth-order valence-electron chi connectivity index (χ4n) is 2.63. The van der Waals surface area contributed by atoms with Gasteiger partial charge in [0.1, 0.15) is 6.04 Å². The summed E-state index contributed by atoms with van der Waals surface area (Å²) < 4.78 is 9.84. The fraction of sp³-hybridized carbons (Fsp3) is 0.318. The summed E-state index contributed by atoms with van der Waals surface area (Å²) in [7, 11) is 0. The molecule has 2 N–H and O–H groups in total. The minimum Gasteiger partial charge on any atom is -0.466 e. The Morgan fingerprint density at radius 3 is 2.26 bits per heavy atom. The van der Waals surface area contributed by atoms with Gasteiger partial charge in [0.2, 0.25) is 0 Å². The summed E-state index contributed by atoms with van der Waals surface area (Å²) in [6.45, 7) is 3.72. The van der Waals surface area contributed by atoms with Gasteiger partial charge < -0.3 is 20.1 Å². The third kappa shape index (κ3) is 7.54. The zero-order valence-corrected chi connectivity index (χ0v) is 17.4. The number of nitrogens with zero attached hydrogens (tertiary/aromatic N) is 1. The Kier molecular flexibility index (Phi) is 9.15. The van der Waals surface area contributed by atoms with E-state index in [0.717, 1.165) is 0 Å². The van der Waals surface area contributed by atoms with E-state index in [1.54, 1.807) is 44.3 Å². The number of benzene rings is 1. The zero-order chi connectivity index (χ0) is 22.6. The number of hydrogen-bond donors (Lipinski definition) is 2. The predicted octanol–water partition coefficient (Wildman–Crippen LogP) is 2.34. The Labute approximate surface area is 180 Å². The first-order valence-corrected chi connectivity index (χ1v) is 9.89. The molecule has 0 spiro atoms. The quantitative estimate of drug-likeness (QED) is 0.558. The highest BCUT2D eigenvalue weighted by molar-refractivity contribution is 6.04. The van der Waals surface area contributed by atoms with Crippen molar-refractivity contribution < 1.29 is 28.7 Å². The lowest BCUT2D eigenvalue weighted by molar-refractivity contribution is -0.146. The van der Waals surface area contributed by atoms with Crippen molar-refractivity contribution in [2.24, 2.45) is 0 Å². The molecular weight excluding hydrogens is 402 g/mol. The molecule has 2 rings (SSSR count). The second-order valence-electron chi connectivity index (χ2n) is 6.39. The van der Waals surface area contributed by atoms with Gasteiger partial charge in [0.05, 0.1) is 18.8 Å².